The highest BCUT2D eigenvalue weighted by Crippen LogP contribution is 2.41. The zero-order valence-electron chi connectivity index (χ0n) is 14.5. The zero-order valence-corrected chi connectivity index (χ0v) is 14.5. The number of alkyl halides is 1. The molecule has 2 unspecified atom stereocenters. The Bertz CT molecular complexity index is 815. The quantitative estimate of drug-likeness (QED) is 0.896. The van der Waals surface area contributed by atoms with Gasteiger partial charge in [0, 0.05) is 23.3 Å². The first-order chi connectivity index (χ1) is 12.5. The summed E-state index contributed by atoms with van der Waals surface area (Å²) in [5.41, 5.74) is 1.39. The summed E-state index contributed by atoms with van der Waals surface area (Å²) in [6.45, 7) is 1.53. The summed E-state index contributed by atoms with van der Waals surface area (Å²) in [6.07, 6.45) is 5.24. The number of urea groups is 1. The lowest BCUT2D eigenvalue weighted by molar-refractivity contribution is -0.00600. The van der Waals surface area contributed by atoms with Gasteiger partial charge in [-0.25, -0.2) is 23.5 Å². The molecule has 1 saturated carbocycles. The van der Waals surface area contributed by atoms with Crippen LogP contribution in [0.25, 0.3) is 11.4 Å². The van der Waals surface area contributed by atoms with Gasteiger partial charge in [0.1, 0.15) is 6.67 Å². The first-order valence-corrected chi connectivity index (χ1v) is 8.81. The van der Waals surface area contributed by atoms with Crippen molar-refractivity contribution in [2.24, 2.45) is 5.92 Å². The van der Waals surface area contributed by atoms with E-state index in [4.69, 9.17) is 0 Å². The molecule has 2 bridgehead atoms. The number of fused-ring (bicyclic) bond motifs is 2. The van der Waals surface area contributed by atoms with E-state index in [2.05, 4.69) is 22.2 Å². The highest BCUT2D eigenvalue weighted by Gasteiger charge is 2.46. The smallest absolute Gasteiger partial charge is 0.318 e. The van der Waals surface area contributed by atoms with Gasteiger partial charge in [0.15, 0.2) is 11.6 Å². The van der Waals surface area contributed by atoms with Gasteiger partial charge in [-0.15, -0.1) is 0 Å². The number of nitrogens with one attached hydrogen (secondary N) is 1. The molecule has 0 radical (unpaired) electrons. The fraction of sp³-hybridized carbons (Fsp3) is 0.421. The normalized spacial score (nSPS) is 24.1. The number of hydrogen-bond donors (Lipinski definition) is 1. The van der Waals surface area contributed by atoms with Crippen molar-refractivity contribution < 1.29 is 13.6 Å². The van der Waals surface area contributed by atoms with E-state index in [1.165, 1.54) is 0 Å². The summed E-state index contributed by atoms with van der Waals surface area (Å²) in [4.78, 5) is 22.4. The third kappa shape index (κ3) is 3.02. The summed E-state index contributed by atoms with van der Waals surface area (Å²) >= 11 is 0. The Kier molecular flexibility index (Phi) is 4.30. The minimum atomic E-state index is -0.696. The molecule has 0 spiro atoms. The Morgan fingerprint density at radius 3 is 2.58 bits per heavy atom. The SMILES string of the molecule is CC1CC2C[C@@H](C1)N2C(=O)Nc1ccc(CF)c(-c2ncc(F)cn2)c1. The number of hydrogen-bond acceptors (Lipinski definition) is 3. The molecule has 2 aromatic rings. The van der Waals surface area contributed by atoms with Crippen LogP contribution in [0.1, 0.15) is 31.7 Å². The number of amides is 2. The Morgan fingerprint density at radius 2 is 1.92 bits per heavy atom. The summed E-state index contributed by atoms with van der Waals surface area (Å²) < 4.78 is 26.4. The molecule has 5 rings (SSSR count). The van der Waals surface area contributed by atoms with Gasteiger partial charge in [0.2, 0.25) is 0 Å². The fourth-order valence-corrected chi connectivity index (χ4v) is 4.10. The molecule has 5 nitrogen and oxygen atoms in total. The summed E-state index contributed by atoms with van der Waals surface area (Å²) in [5, 5.41) is 2.90. The number of benzene rings is 1. The van der Waals surface area contributed by atoms with Gasteiger partial charge in [-0.1, -0.05) is 13.0 Å². The molecule has 2 amide bonds. The maximum absolute atomic E-state index is 13.3. The first-order valence-electron chi connectivity index (χ1n) is 8.81. The maximum Gasteiger partial charge on any atom is 0.322 e. The van der Waals surface area contributed by atoms with Gasteiger partial charge in [0.05, 0.1) is 12.4 Å². The standard InChI is InChI=1S/C19H20F2N4O/c1-11-4-15-7-16(5-11)25(15)19(26)24-14-3-2-12(8-20)17(6-14)18-22-9-13(21)10-23-18/h2-3,6,9-11,15-16H,4-5,7-8H2,1H3,(H,24,26)/t11?,15-,16?/m1/s1. The van der Waals surface area contributed by atoms with Crippen LogP contribution >= 0.6 is 0 Å². The van der Waals surface area contributed by atoms with Crippen molar-refractivity contribution in [3.05, 3.63) is 42.0 Å². The van der Waals surface area contributed by atoms with Crippen molar-refractivity contribution in [2.75, 3.05) is 5.32 Å². The second kappa shape index (κ2) is 6.63. The van der Waals surface area contributed by atoms with Crippen molar-refractivity contribution in [1.82, 2.24) is 14.9 Å². The molecule has 3 aliphatic rings. The highest BCUT2D eigenvalue weighted by molar-refractivity contribution is 5.91. The number of anilines is 1. The molecule has 3 heterocycles. The molecule has 1 N–H and O–H groups in total. The molecule has 136 valence electrons. The van der Waals surface area contributed by atoms with E-state index in [1.807, 2.05) is 4.90 Å². The third-order valence-electron chi connectivity index (χ3n) is 5.28. The molecule has 2 aliphatic heterocycles. The molecule has 3 atom stereocenters. The van der Waals surface area contributed by atoms with Crippen molar-refractivity contribution in [3.63, 3.8) is 0 Å². The number of aromatic nitrogens is 2. The van der Waals surface area contributed by atoms with Gasteiger partial charge < -0.3 is 10.2 Å². The van der Waals surface area contributed by atoms with Crippen LogP contribution in [-0.2, 0) is 6.67 Å². The maximum atomic E-state index is 13.3. The minimum absolute atomic E-state index is 0.128. The number of carbonyl (C=O) groups is 1. The number of rotatable bonds is 3. The van der Waals surface area contributed by atoms with Crippen LogP contribution in [0.3, 0.4) is 0 Å². The Labute approximate surface area is 150 Å². The molecule has 2 saturated heterocycles. The van der Waals surface area contributed by atoms with E-state index >= 15 is 0 Å². The third-order valence-corrected chi connectivity index (χ3v) is 5.28. The molecular formula is C19H20F2N4O. The second-order valence-electron chi connectivity index (χ2n) is 7.19. The van der Waals surface area contributed by atoms with Crippen molar-refractivity contribution in [1.29, 1.82) is 0 Å². The first kappa shape index (κ1) is 16.9. The number of nitrogens with zero attached hydrogens (tertiary/aromatic N) is 3. The lowest BCUT2D eigenvalue weighted by Gasteiger charge is -2.54. The summed E-state index contributed by atoms with van der Waals surface area (Å²) in [5.74, 6) is 0.331. The van der Waals surface area contributed by atoms with Gasteiger partial charge in [-0.2, -0.15) is 0 Å². The van der Waals surface area contributed by atoms with Crippen LogP contribution in [-0.4, -0.2) is 33.0 Å². The lowest BCUT2D eigenvalue weighted by atomic mass is 9.74. The van der Waals surface area contributed by atoms with Crippen LogP contribution in [0.15, 0.2) is 30.6 Å². The summed E-state index contributed by atoms with van der Waals surface area (Å²) in [7, 11) is 0. The van der Waals surface area contributed by atoms with Crippen molar-refractivity contribution >= 4 is 11.7 Å². The summed E-state index contributed by atoms with van der Waals surface area (Å²) in [6, 6.07) is 5.40. The number of halogens is 2. The van der Waals surface area contributed by atoms with E-state index in [1.54, 1.807) is 18.2 Å². The molecule has 3 fully saturated rings. The lowest BCUT2D eigenvalue weighted by Crippen LogP contribution is -2.63. The average molecular weight is 358 g/mol. The molecule has 26 heavy (non-hydrogen) atoms. The topological polar surface area (TPSA) is 58.1 Å². The van der Waals surface area contributed by atoms with Crippen molar-refractivity contribution in [2.45, 2.75) is 44.9 Å². The average Bonchev–Trinajstić information content (AvgIpc) is 2.62. The zero-order chi connectivity index (χ0) is 18.3. The molecule has 1 aromatic heterocycles. The van der Waals surface area contributed by atoms with E-state index in [0.29, 0.717) is 34.8 Å². The predicted molar refractivity (Wildman–Crippen MR) is 93.7 cm³/mol. The van der Waals surface area contributed by atoms with Gasteiger partial charge in [-0.05, 0) is 42.9 Å². The van der Waals surface area contributed by atoms with Crippen LogP contribution < -0.4 is 5.32 Å². The van der Waals surface area contributed by atoms with Gasteiger partial charge in [-0.3, -0.25) is 0 Å². The van der Waals surface area contributed by atoms with Crippen LogP contribution in [0, 0.1) is 11.7 Å². The molecule has 1 aromatic carbocycles. The highest BCUT2D eigenvalue weighted by atomic mass is 19.1. The Balaban J connectivity index is 1.55. The number of carbonyl (C=O) groups excluding carboxylic acids is 1. The minimum Gasteiger partial charge on any atom is -0.318 e. The molecular weight excluding hydrogens is 338 g/mol. The second-order valence-corrected chi connectivity index (χ2v) is 7.19. The van der Waals surface area contributed by atoms with Gasteiger partial charge >= 0.3 is 6.03 Å². The predicted octanol–water partition coefficient (Wildman–Crippen LogP) is 4.16. The van der Waals surface area contributed by atoms with Crippen LogP contribution in [0.5, 0.6) is 0 Å². The largest absolute Gasteiger partial charge is 0.322 e. The van der Waals surface area contributed by atoms with E-state index < -0.39 is 12.5 Å². The van der Waals surface area contributed by atoms with E-state index in [0.717, 1.165) is 31.7 Å². The van der Waals surface area contributed by atoms with Crippen molar-refractivity contribution in [3.8, 4) is 11.4 Å². The van der Waals surface area contributed by atoms with E-state index in [9.17, 15) is 13.6 Å². The fourth-order valence-electron chi connectivity index (χ4n) is 4.10. The van der Waals surface area contributed by atoms with Crippen LogP contribution in [0.4, 0.5) is 19.3 Å². The molecule has 7 heteroatoms. The Hall–Kier alpha value is -2.57. The number of piperidine rings is 1. The monoisotopic (exact) mass is 358 g/mol. The van der Waals surface area contributed by atoms with Gasteiger partial charge in [0.25, 0.3) is 0 Å². The molecule has 1 aliphatic carbocycles. The van der Waals surface area contributed by atoms with E-state index in [-0.39, 0.29) is 11.9 Å². The Morgan fingerprint density at radius 1 is 1.23 bits per heavy atom. The van der Waals surface area contributed by atoms with Crippen LogP contribution in [0.2, 0.25) is 0 Å².